The summed E-state index contributed by atoms with van der Waals surface area (Å²) in [4.78, 5) is 15.9. The molecule has 224 valence electrons. The van der Waals surface area contributed by atoms with E-state index >= 15 is 0 Å². The molecule has 0 saturated carbocycles. The summed E-state index contributed by atoms with van der Waals surface area (Å²) in [7, 11) is 1.99. The van der Waals surface area contributed by atoms with Crippen molar-refractivity contribution in [3.05, 3.63) is 94.5 Å². The Morgan fingerprint density at radius 2 is 1.43 bits per heavy atom. The fourth-order valence-corrected chi connectivity index (χ4v) is 7.06. The summed E-state index contributed by atoms with van der Waals surface area (Å²) in [6.07, 6.45) is 4.90. The van der Waals surface area contributed by atoms with Crippen molar-refractivity contribution in [3.8, 4) is 0 Å². The average Bonchev–Trinajstić information content (AvgIpc) is 3.29. The van der Waals surface area contributed by atoms with E-state index in [9.17, 15) is 15.0 Å². The molecule has 7 heteroatoms. The molecule has 0 aromatic heterocycles. The Morgan fingerprint density at radius 1 is 0.929 bits per heavy atom. The minimum atomic E-state index is -0.800. The SMILES string of the molecule is CCN1C(=CC2=C([O-])C(C=C3N(CC)c4ccccc4C3(C)C)/C2=[N+](/C)CCCC(=O)O)C(C)(C)c2ccccc21.Cl. The predicted molar refractivity (Wildman–Crippen MR) is 172 cm³/mol. The van der Waals surface area contributed by atoms with Crippen molar-refractivity contribution in [2.24, 2.45) is 5.92 Å². The molecule has 42 heavy (non-hydrogen) atoms. The van der Waals surface area contributed by atoms with Gasteiger partial charge in [0.2, 0.25) is 0 Å². The summed E-state index contributed by atoms with van der Waals surface area (Å²) < 4.78 is 2.11. The molecule has 1 unspecified atom stereocenters. The summed E-state index contributed by atoms with van der Waals surface area (Å²) in [5, 5.41) is 23.3. The number of carbonyl (C=O) groups is 1. The first-order valence-electron chi connectivity index (χ1n) is 14.8. The Kier molecular flexibility index (Phi) is 8.71. The highest BCUT2D eigenvalue weighted by atomic mass is 35.5. The largest absolute Gasteiger partial charge is 0.874 e. The van der Waals surface area contributed by atoms with Crippen LogP contribution in [0.5, 0.6) is 0 Å². The molecule has 0 radical (unpaired) electrons. The summed E-state index contributed by atoms with van der Waals surface area (Å²) in [6.45, 7) is 15.4. The average molecular weight is 590 g/mol. The maximum atomic E-state index is 14.1. The van der Waals surface area contributed by atoms with Gasteiger partial charge >= 0.3 is 5.97 Å². The number of fused-ring (bicyclic) bond motifs is 2. The number of hydrogen-bond acceptors (Lipinski definition) is 4. The second-order valence-corrected chi connectivity index (χ2v) is 12.4. The number of anilines is 2. The van der Waals surface area contributed by atoms with Crippen molar-refractivity contribution in [2.45, 2.75) is 65.2 Å². The lowest BCUT2D eigenvalue weighted by Gasteiger charge is -2.38. The summed E-state index contributed by atoms with van der Waals surface area (Å²) >= 11 is 0. The number of aliphatic carboxylic acids is 1. The minimum absolute atomic E-state index is 0. The van der Waals surface area contributed by atoms with Gasteiger partial charge in [-0.1, -0.05) is 64.1 Å². The molecule has 0 amide bonds. The number of allylic oxidation sites excluding steroid dienone is 5. The van der Waals surface area contributed by atoms with Crippen LogP contribution in [0.25, 0.3) is 0 Å². The summed E-state index contributed by atoms with van der Waals surface area (Å²) in [6, 6.07) is 17.0. The van der Waals surface area contributed by atoms with Crippen LogP contribution >= 0.6 is 12.4 Å². The Hall–Kier alpha value is -3.51. The van der Waals surface area contributed by atoms with Crippen LogP contribution in [0.3, 0.4) is 0 Å². The van der Waals surface area contributed by atoms with Gasteiger partial charge in [0.1, 0.15) is 13.6 Å². The van der Waals surface area contributed by atoms with Crippen LogP contribution in [0.15, 0.2) is 83.4 Å². The third-order valence-electron chi connectivity index (χ3n) is 9.25. The third kappa shape index (κ3) is 4.94. The van der Waals surface area contributed by atoms with Gasteiger partial charge in [-0.15, -0.1) is 18.2 Å². The first-order chi connectivity index (χ1) is 19.4. The lowest BCUT2D eigenvalue weighted by atomic mass is 9.75. The standard InChI is InChI=1S/C35H43N3O3.ClH/c1-8-37-27-17-12-10-15-25(27)34(3,4)29(37)21-23-32(36(7)20-14-19-31(39)40)24(33(23)41)22-30-35(5,6)26-16-11-13-18-28(26)38(30)9-2;/h10-13,15-18,21-23H,8-9,14,19-20H2,1-7H3,(H,39,40);1H. The lowest BCUT2D eigenvalue weighted by molar-refractivity contribution is -0.501. The van der Waals surface area contributed by atoms with Crippen LogP contribution in [0.2, 0.25) is 0 Å². The maximum absolute atomic E-state index is 14.1. The number of halogens is 1. The van der Waals surface area contributed by atoms with Gasteiger partial charge in [-0.3, -0.25) is 4.79 Å². The van der Waals surface area contributed by atoms with Gasteiger partial charge in [-0.05, 0) is 49.3 Å². The van der Waals surface area contributed by atoms with Crippen molar-refractivity contribution < 1.29 is 19.6 Å². The number of carboxylic acids is 1. The highest BCUT2D eigenvalue weighted by molar-refractivity contribution is 6.10. The van der Waals surface area contributed by atoms with Crippen molar-refractivity contribution in [1.82, 2.24) is 0 Å². The van der Waals surface area contributed by atoms with Crippen molar-refractivity contribution >= 4 is 35.5 Å². The second kappa shape index (κ2) is 11.6. The molecule has 0 spiro atoms. The molecular weight excluding hydrogens is 546 g/mol. The Morgan fingerprint density at radius 3 is 1.95 bits per heavy atom. The molecule has 1 N–H and O–H groups in total. The first-order valence-corrected chi connectivity index (χ1v) is 14.8. The Balaban J connectivity index is 0.00000405. The molecule has 0 saturated heterocycles. The smallest absolute Gasteiger partial charge is 0.303 e. The van der Waals surface area contributed by atoms with Crippen LogP contribution in [-0.2, 0) is 15.6 Å². The van der Waals surface area contributed by atoms with E-state index in [0.29, 0.717) is 13.0 Å². The van der Waals surface area contributed by atoms with Crippen molar-refractivity contribution in [1.29, 1.82) is 0 Å². The lowest BCUT2D eigenvalue weighted by Crippen LogP contribution is -2.43. The molecule has 2 heterocycles. The molecule has 2 aromatic rings. The van der Waals surface area contributed by atoms with Crippen LogP contribution in [0, 0.1) is 5.92 Å². The number of rotatable bonds is 8. The zero-order valence-corrected chi connectivity index (χ0v) is 26.7. The maximum Gasteiger partial charge on any atom is 0.303 e. The molecule has 0 fully saturated rings. The van der Waals surface area contributed by atoms with E-state index in [-0.39, 0.29) is 41.3 Å². The van der Waals surface area contributed by atoms with Gasteiger partial charge in [-0.2, -0.15) is 0 Å². The van der Waals surface area contributed by atoms with E-state index in [4.69, 9.17) is 0 Å². The molecule has 3 aliphatic rings. The van der Waals surface area contributed by atoms with Gasteiger partial charge in [0, 0.05) is 58.7 Å². The highest BCUT2D eigenvalue weighted by Gasteiger charge is 2.45. The van der Waals surface area contributed by atoms with Gasteiger partial charge in [0.15, 0.2) is 5.71 Å². The summed E-state index contributed by atoms with van der Waals surface area (Å²) in [5.41, 5.74) is 8.42. The molecule has 2 aliphatic heterocycles. The van der Waals surface area contributed by atoms with Crippen molar-refractivity contribution in [2.75, 3.05) is 36.5 Å². The molecule has 5 rings (SSSR count). The Bertz CT molecular complexity index is 1510. The zero-order valence-electron chi connectivity index (χ0n) is 25.9. The molecule has 0 bridgehead atoms. The van der Waals surface area contributed by atoms with E-state index in [2.05, 4.69) is 117 Å². The van der Waals surface area contributed by atoms with Gasteiger partial charge < -0.3 is 20.0 Å². The minimum Gasteiger partial charge on any atom is -0.874 e. The van der Waals surface area contributed by atoms with Crippen LogP contribution in [0.4, 0.5) is 11.4 Å². The fourth-order valence-electron chi connectivity index (χ4n) is 7.06. The van der Waals surface area contributed by atoms with E-state index < -0.39 is 5.97 Å². The molecule has 6 nitrogen and oxygen atoms in total. The third-order valence-corrected chi connectivity index (χ3v) is 9.25. The van der Waals surface area contributed by atoms with E-state index in [1.165, 1.54) is 22.5 Å². The van der Waals surface area contributed by atoms with Gasteiger partial charge in [0.05, 0.1) is 12.3 Å². The molecule has 1 aliphatic carbocycles. The number of nitrogens with zero attached hydrogens (tertiary/aromatic N) is 3. The number of benzene rings is 2. The topological polar surface area (TPSA) is 69.8 Å². The van der Waals surface area contributed by atoms with E-state index in [1.807, 2.05) is 7.05 Å². The fraction of sp³-hybridized carbons (Fsp3) is 0.429. The highest BCUT2D eigenvalue weighted by Crippen LogP contribution is 2.51. The Labute approximate surface area is 256 Å². The second-order valence-electron chi connectivity index (χ2n) is 12.4. The predicted octanol–water partition coefficient (Wildman–Crippen LogP) is 6.00. The van der Waals surface area contributed by atoms with Crippen molar-refractivity contribution in [3.63, 3.8) is 0 Å². The van der Waals surface area contributed by atoms with Gasteiger partial charge in [0.25, 0.3) is 0 Å². The van der Waals surface area contributed by atoms with Gasteiger partial charge in [-0.25, -0.2) is 4.58 Å². The summed E-state index contributed by atoms with van der Waals surface area (Å²) in [5.74, 6) is -1.06. The number of carboxylic acid groups (broad SMARTS) is 1. The molecular formula is C35H44ClN3O3. The number of hydrogen-bond donors (Lipinski definition) is 1. The molecule has 2 aromatic carbocycles. The van der Waals surface area contributed by atoms with E-state index in [0.717, 1.165) is 35.8 Å². The van der Waals surface area contributed by atoms with Crippen LogP contribution in [-0.4, -0.2) is 48.0 Å². The number of likely N-dealkylation sites (N-methyl/N-ethyl adjacent to an activating group) is 2. The molecule has 1 atom stereocenters. The number of para-hydroxylation sites is 2. The zero-order chi connectivity index (χ0) is 29.7. The van der Waals surface area contributed by atoms with Crippen LogP contribution < -0.4 is 14.9 Å². The van der Waals surface area contributed by atoms with E-state index in [1.54, 1.807) is 0 Å². The monoisotopic (exact) mass is 589 g/mol. The first kappa shape index (κ1) is 31.4. The normalized spacial score (nSPS) is 23.1. The van der Waals surface area contributed by atoms with Crippen LogP contribution in [0.1, 0.15) is 65.5 Å². The quantitative estimate of drug-likeness (QED) is 0.382.